The van der Waals surface area contributed by atoms with E-state index in [0.29, 0.717) is 21.5 Å². The molecule has 0 aliphatic rings. The second-order valence-electron chi connectivity index (χ2n) is 4.27. The molecule has 21 heavy (non-hydrogen) atoms. The Kier molecular flexibility index (Phi) is 4.87. The summed E-state index contributed by atoms with van der Waals surface area (Å²) in [7, 11) is -2.14. The van der Waals surface area contributed by atoms with Crippen molar-refractivity contribution in [3.05, 3.63) is 52.5 Å². The van der Waals surface area contributed by atoms with Gasteiger partial charge in [-0.2, -0.15) is 0 Å². The summed E-state index contributed by atoms with van der Waals surface area (Å²) in [5, 5.41) is 0. The molecule has 0 bridgehead atoms. The molecule has 0 heterocycles. The maximum atomic E-state index is 12.4. The first-order chi connectivity index (χ1) is 9.97. The van der Waals surface area contributed by atoms with Crippen LogP contribution >= 0.6 is 15.9 Å². The Labute approximate surface area is 132 Å². The molecule has 0 atom stereocenters. The zero-order valence-corrected chi connectivity index (χ0v) is 13.7. The SMILES string of the molecule is COc1ccc(NS(=O)(=O)c2ccccc2CN)cc1Br. The van der Waals surface area contributed by atoms with Gasteiger partial charge in [-0.1, -0.05) is 18.2 Å². The number of hydrogen-bond donors (Lipinski definition) is 2. The van der Waals surface area contributed by atoms with E-state index in [1.807, 2.05) is 0 Å². The molecule has 0 saturated heterocycles. The number of hydrogen-bond acceptors (Lipinski definition) is 4. The summed E-state index contributed by atoms with van der Waals surface area (Å²) in [6.45, 7) is 0.156. The molecule has 2 rings (SSSR count). The van der Waals surface area contributed by atoms with Crippen molar-refractivity contribution in [1.29, 1.82) is 0 Å². The van der Waals surface area contributed by atoms with Gasteiger partial charge in [-0.3, -0.25) is 4.72 Å². The molecular weight excluding hydrogens is 356 g/mol. The lowest BCUT2D eigenvalue weighted by Gasteiger charge is -2.12. The van der Waals surface area contributed by atoms with Crippen molar-refractivity contribution in [1.82, 2.24) is 0 Å². The molecule has 2 aromatic rings. The van der Waals surface area contributed by atoms with Crippen LogP contribution in [0.4, 0.5) is 5.69 Å². The fourth-order valence-corrected chi connectivity index (χ4v) is 3.72. The number of benzene rings is 2. The van der Waals surface area contributed by atoms with Crippen molar-refractivity contribution in [3.63, 3.8) is 0 Å². The van der Waals surface area contributed by atoms with Gasteiger partial charge in [0.1, 0.15) is 5.75 Å². The van der Waals surface area contributed by atoms with E-state index in [1.54, 1.807) is 43.5 Å². The van der Waals surface area contributed by atoms with Gasteiger partial charge < -0.3 is 10.5 Å². The Balaban J connectivity index is 2.35. The minimum atomic E-state index is -3.68. The lowest BCUT2D eigenvalue weighted by Crippen LogP contribution is -2.16. The molecule has 112 valence electrons. The van der Waals surface area contributed by atoms with Crippen LogP contribution in [0.5, 0.6) is 5.75 Å². The number of nitrogens with one attached hydrogen (secondary N) is 1. The minimum absolute atomic E-state index is 0.156. The molecule has 0 aromatic heterocycles. The summed E-state index contributed by atoms with van der Waals surface area (Å²) in [6.07, 6.45) is 0. The van der Waals surface area contributed by atoms with Gasteiger partial charge in [0.25, 0.3) is 10.0 Å². The van der Waals surface area contributed by atoms with Crippen LogP contribution in [0.15, 0.2) is 51.8 Å². The van der Waals surface area contributed by atoms with E-state index in [-0.39, 0.29) is 11.4 Å². The largest absolute Gasteiger partial charge is 0.496 e. The number of ether oxygens (including phenoxy) is 1. The number of sulfonamides is 1. The summed E-state index contributed by atoms with van der Waals surface area (Å²) in [5.41, 5.74) is 6.59. The van der Waals surface area contributed by atoms with E-state index in [0.717, 1.165) is 0 Å². The number of methoxy groups -OCH3 is 1. The standard InChI is InChI=1S/C14H15BrN2O3S/c1-20-13-7-6-11(8-12(13)15)17-21(18,19)14-5-3-2-4-10(14)9-16/h2-8,17H,9,16H2,1H3. The Bertz CT molecular complexity index is 748. The van der Waals surface area contributed by atoms with Gasteiger partial charge in [-0.15, -0.1) is 0 Å². The smallest absolute Gasteiger partial charge is 0.262 e. The van der Waals surface area contributed by atoms with E-state index >= 15 is 0 Å². The van der Waals surface area contributed by atoms with Gasteiger partial charge in [0.2, 0.25) is 0 Å². The van der Waals surface area contributed by atoms with Crippen molar-refractivity contribution in [2.45, 2.75) is 11.4 Å². The van der Waals surface area contributed by atoms with Gasteiger partial charge in [0, 0.05) is 6.54 Å². The van der Waals surface area contributed by atoms with E-state index in [1.165, 1.54) is 6.07 Å². The Morgan fingerprint density at radius 2 is 1.95 bits per heavy atom. The molecule has 0 saturated carbocycles. The first-order valence-electron chi connectivity index (χ1n) is 6.12. The third kappa shape index (κ3) is 3.55. The summed E-state index contributed by atoms with van der Waals surface area (Å²) >= 11 is 3.32. The molecule has 0 aliphatic carbocycles. The summed E-state index contributed by atoms with van der Waals surface area (Å²) in [6, 6.07) is 11.6. The maximum absolute atomic E-state index is 12.4. The highest BCUT2D eigenvalue weighted by atomic mass is 79.9. The first-order valence-corrected chi connectivity index (χ1v) is 8.40. The molecule has 0 amide bonds. The minimum Gasteiger partial charge on any atom is -0.496 e. The lowest BCUT2D eigenvalue weighted by molar-refractivity contribution is 0.412. The Hall–Kier alpha value is -1.57. The monoisotopic (exact) mass is 370 g/mol. The highest BCUT2D eigenvalue weighted by Crippen LogP contribution is 2.29. The Morgan fingerprint density at radius 3 is 2.57 bits per heavy atom. The highest BCUT2D eigenvalue weighted by molar-refractivity contribution is 9.10. The van der Waals surface area contributed by atoms with Crippen LogP contribution in [0, 0.1) is 0 Å². The first kappa shape index (κ1) is 15.8. The number of nitrogens with two attached hydrogens (primary N) is 1. The van der Waals surface area contributed by atoms with Crippen molar-refractivity contribution in [3.8, 4) is 5.75 Å². The zero-order chi connectivity index (χ0) is 15.5. The van der Waals surface area contributed by atoms with Crippen LogP contribution in [0.3, 0.4) is 0 Å². The van der Waals surface area contributed by atoms with Gasteiger partial charge in [-0.05, 0) is 45.8 Å². The van der Waals surface area contributed by atoms with Crippen LogP contribution in [-0.4, -0.2) is 15.5 Å². The van der Waals surface area contributed by atoms with Crippen molar-refractivity contribution in [2.75, 3.05) is 11.8 Å². The van der Waals surface area contributed by atoms with E-state index < -0.39 is 10.0 Å². The van der Waals surface area contributed by atoms with Crippen LogP contribution in [0.1, 0.15) is 5.56 Å². The van der Waals surface area contributed by atoms with Crippen molar-refractivity contribution < 1.29 is 13.2 Å². The Morgan fingerprint density at radius 1 is 1.24 bits per heavy atom. The molecular formula is C14H15BrN2O3S. The van der Waals surface area contributed by atoms with Gasteiger partial charge >= 0.3 is 0 Å². The highest BCUT2D eigenvalue weighted by Gasteiger charge is 2.18. The summed E-state index contributed by atoms with van der Waals surface area (Å²) in [5.74, 6) is 0.625. The second kappa shape index (κ2) is 6.46. The summed E-state index contributed by atoms with van der Waals surface area (Å²) < 4.78 is 33.2. The summed E-state index contributed by atoms with van der Waals surface area (Å²) in [4.78, 5) is 0.180. The number of anilines is 1. The van der Waals surface area contributed by atoms with Gasteiger partial charge in [0.05, 0.1) is 22.2 Å². The average molecular weight is 371 g/mol. The van der Waals surface area contributed by atoms with E-state index in [2.05, 4.69) is 20.7 Å². The van der Waals surface area contributed by atoms with Crippen molar-refractivity contribution in [2.24, 2.45) is 5.73 Å². The molecule has 7 heteroatoms. The normalized spacial score (nSPS) is 11.2. The fraction of sp³-hybridized carbons (Fsp3) is 0.143. The fourth-order valence-electron chi connectivity index (χ4n) is 1.87. The molecule has 5 nitrogen and oxygen atoms in total. The van der Waals surface area contributed by atoms with Crippen LogP contribution in [0.2, 0.25) is 0 Å². The molecule has 0 fully saturated rings. The van der Waals surface area contributed by atoms with Crippen LogP contribution in [-0.2, 0) is 16.6 Å². The molecule has 0 spiro atoms. The van der Waals surface area contributed by atoms with Gasteiger partial charge in [0.15, 0.2) is 0 Å². The third-order valence-corrected chi connectivity index (χ3v) is 4.99. The molecule has 0 aliphatic heterocycles. The molecule has 3 N–H and O–H groups in total. The molecule has 0 unspecified atom stereocenters. The number of rotatable bonds is 5. The van der Waals surface area contributed by atoms with Crippen LogP contribution < -0.4 is 15.2 Å². The zero-order valence-electron chi connectivity index (χ0n) is 11.3. The lowest BCUT2D eigenvalue weighted by atomic mass is 10.2. The molecule has 2 aromatic carbocycles. The van der Waals surface area contributed by atoms with E-state index in [4.69, 9.17) is 10.5 Å². The average Bonchev–Trinajstić information content (AvgIpc) is 2.47. The predicted molar refractivity (Wildman–Crippen MR) is 85.8 cm³/mol. The number of halogens is 1. The molecule has 0 radical (unpaired) electrons. The van der Waals surface area contributed by atoms with Crippen LogP contribution in [0.25, 0.3) is 0 Å². The second-order valence-corrected chi connectivity index (χ2v) is 6.77. The van der Waals surface area contributed by atoms with Crippen molar-refractivity contribution >= 4 is 31.6 Å². The van der Waals surface area contributed by atoms with Gasteiger partial charge in [-0.25, -0.2) is 8.42 Å². The van der Waals surface area contributed by atoms with E-state index in [9.17, 15) is 8.42 Å². The maximum Gasteiger partial charge on any atom is 0.262 e. The predicted octanol–water partition coefficient (Wildman–Crippen LogP) is 2.72. The third-order valence-electron chi connectivity index (χ3n) is 2.89. The topological polar surface area (TPSA) is 81.4 Å². The quantitative estimate of drug-likeness (QED) is 0.847.